The number of hydrogen-bond donors (Lipinski definition) is 0. The highest BCUT2D eigenvalue weighted by atomic mass is 35.5. The van der Waals surface area contributed by atoms with E-state index in [0.29, 0.717) is 22.5 Å². The first-order valence-corrected chi connectivity index (χ1v) is 12.0. The number of nitrogens with zero attached hydrogens (tertiary/aromatic N) is 3. The minimum atomic E-state index is 0.179. The van der Waals surface area contributed by atoms with Crippen LogP contribution in [0.1, 0.15) is 37.2 Å². The molecular formula is C25H31Cl2N3O. The van der Waals surface area contributed by atoms with Crippen LogP contribution in [-0.4, -0.2) is 61.5 Å². The third-order valence-electron chi connectivity index (χ3n) is 6.69. The zero-order chi connectivity index (χ0) is 21.8. The minimum absolute atomic E-state index is 0.179. The van der Waals surface area contributed by atoms with Crippen LogP contribution in [-0.2, 0) is 4.79 Å². The monoisotopic (exact) mass is 459 g/mol. The summed E-state index contributed by atoms with van der Waals surface area (Å²) in [4.78, 5) is 20.1. The number of likely N-dealkylation sites (tertiary alicyclic amines) is 2. The molecule has 166 valence electrons. The van der Waals surface area contributed by atoms with Gasteiger partial charge in [-0.15, -0.1) is 0 Å². The van der Waals surface area contributed by atoms with Crippen LogP contribution in [0.15, 0.2) is 48.5 Å². The number of carbonyl (C=O) groups excluding carboxylic acids is 1. The molecular weight excluding hydrogens is 429 g/mol. The Morgan fingerprint density at radius 2 is 1.74 bits per heavy atom. The van der Waals surface area contributed by atoms with Gasteiger partial charge in [-0.05, 0) is 62.5 Å². The van der Waals surface area contributed by atoms with Crippen molar-refractivity contribution in [1.29, 1.82) is 0 Å². The SMILES string of the molecule is CN(CC(=O)N1CCC[C@H](c2ccccc2)[C@H]1CN1CCCC1)c1ccc(Cl)c(Cl)c1. The lowest BCUT2D eigenvalue weighted by molar-refractivity contribution is -0.134. The second kappa shape index (κ2) is 10.2. The predicted molar refractivity (Wildman–Crippen MR) is 129 cm³/mol. The van der Waals surface area contributed by atoms with Gasteiger partial charge in [-0.25, -0.2) is 0 Å². The third kappa shape index (κ3) is 5.36. The molecule has 2 aliphatic rings. The highest BCUT2D eigenvalue weighted by molar-refractivity contribution is 6.42. The Kier molecular flexibility index (Phi) is 7.42. The summed E-state index contributed by atoms with van der Waals surface area (Å²) in [6.07, 6.45) is 4.70. The first-order chi connectivity index (χ1) is 15.0. The molecule has 2 atom stereocenters. The number of piperidine rings is 1. The van der Waals surface area contributed by atoms with Crippen molar-refractivity contribution < 1.29 is 4.79 Å². The summed E-state index contributed by atoms with van der Waals surface area (Å²) >= 11 is 12.2. The normalized spacial score (nSPS) is 22.0. The molecule has 0 saturated carbocycles. The molecule has 2 fully saturated rings. The first-order valence-electron chi connectivity index (χ1n) is 11.3. The van der Waals surface area contributed by atoms with Crippen LogP contribution in [0.2, 0.25) is 10.0 Å². The summed E-state index contributed by atoms with van der Waals surface area (Å²) < 4.78 is 0. The maximum absolute atomic E-state index is 13.5. The van der Waals surface area contributed by atoms with E-state index in [0.717, 1.165) is 44.7 Å². The summed E-state index contributed by atoms with van der Waals surface area (Å²) in [5.41, 5.74) is 2.25. The van der Waals surface area contributed by atoms with Crippen molar-refractivity contribution in [3.8, 4) is 0 Å². The van der Waals surface area contributed by atoms with Crippen LogP contribution in [0.5, 0.6) is 0 Å². The Hall–Kier alpha value is -1.75. The van der Waals surface area contributed by atoms with Gasteiger partial charge in [-0.2, -0.15) is 0 Å². The van der Waals surface area contributed by atoms with Crippen LogP contribution in [0, 0.1) is 0 Å². The van der Waals surface area contributed by atoms with Crippen molar-refractivity contribution in [3.63, 3.8) is 0 Å². The van der Waals surface area contributed by atoms with Gasteiger partial charge < -0.3 is 14.7 Å². The number of benzene rings is 2. The molecule has 2 aromatic rings. The fourth-order valence-corrected chi connectivity index (χ4v) is 5.31. The number of amides is 1. The number of rotatable bonds is 6. The lowest BCUT2D eigenvalue weighted by atomic mass is 9.83. The molecule has 0 N–H and O–H groups in total. The second-order valence-corrected chi connectivity index (χ2v) is 9.59. The summed E-state index contributed by atoms with van der Waals surface area (Å²) in [7, 11) is 1.94. The fraction of sp³-hybridized carbons (Fsp3) is 0.480. The van der Waals surface area contributed by atoms with E-state index in [-0.39, 0.29) is 11.9 Å². The molecule has 0 unspecified atom stereocenters. The number of carbonyl (C=O) groups is 1. The Balaban J connectivity index is 1.53. The van der Waals surface area contributed by atoms with Crippen LogP contribution in [0.4, 0.5) is 5.69 Å². The minimum Gasteiger partial charge on any atom is -0.365 e. The van der Waals surface area contributed by atoms with E-state index in [9.17, 15) is 4.79 Å². The topological polar surface area (TPSA) is 26.8 Å². The average Bonchev–Trinajstić information content (AvgIpc) is 3.29. The second-order valence-electron chi connectivity index (χ2n) is 8.78. The van der Waals surface area contributed by atoms with Gasteiger partial charge in [0.25, 0.3) is 0 Å². The van der Waals surface area contributed by atoms with E-state index in [2.05, 4.69) is 40.1 Å². The third-order valence-corrected chi connectivity index (χ3v) is 7.43. The van der Waals surface area contributed by atoms with E-state index in [1.807, 2.05) is 24.1 Å². The zero-order valence-electron chi connectivity index (χ0n) is 18.1. The van der Waals surface area contributed by atoms with E-state index < -0.39 is 0 Å². The Bertz CT molecular complexity index is 886. The van der Waals surface area contributed by atoms with E-state index >= 15 is 0 Å². The van der Waals surface area contributed by atoms with Gasteiger partial charge in [-0.3, -0.25) is 4.79 Å². The van der Waals surface area contributed by atoms with Crippen LogP contribution >= 0.6 is 23.2 Å². The Morgan fingerprint density at radius 3 is 2.45 bits per heavy atom. The molecule has 4 rings (SSSR count). The van der Waals surface area contributed by atoms with E-state index in [4.69, 9.17) is 23.2 Å². The van der Waals surface area contributed by atoms with Crippen molar-refractivity contribution in [2.75, 3.05) is 44.7 Å². The van der Waals surface area contributed by atoms with Gasteiger partial charge in [0.05, 0.1) is 22.6 Å². The molecule has 0 aliphatic carbocycles. The highest BCUT2D eigenvalue weighted by Gasteiger charge is 2.36. The molecule has 0 aromatic heterocycles. The molecule has 4 nitrogen and oxygen atoms in total. The molecule has 0 bridgehead atoms. The number of anilines is 1. The zero-order valence-corrected chi connectivity index (χ0v) is 19.7. The van der Waals surface area contributed by atoms with Crippen LogP contribution < -0.4 is 4.90 Å². The van der Waals surface area contributed by atoms with Gasteiger partial charge in [0.15, 0.2) is 0 Å². The highest BCUT2D eigenvalue weighted by Crippen LogP contribution is 2.34. The lowest BCUT2D eigenvalue weighted by Crippen LogP contribution is -2.54. The summed E-state index contributed by atoms with van der Waals surface area (Å²) in [5, 5.41) is 1.03. The van der Waals surface area contributed by atoms with Gasteiger partial charge in [0.1, 0.15) is 0 Å². The quantitative estimate of drug-likeness (QED) is 0.586. The van der Waals surface area contributed by atoms with Crippen LogP contribution in [0.3, 0.4) is 0 Å². The molecule has 2 heterocycles. The van der Waals surface area contributed by atoms with Crippen LogP contribution in [0.25, 0.3) is 0 Å². The number of halogens is 2. The molecule has 2 aliphatic heterocycles. The molecule has 0 radical (unpaired) electrons. The van der Waals surface area contributed by atoms with Crippen molar-refractivity contribution in [2.24, 2.45) is 0 Å². The Labute approximate surface area is 195 Å². The Morgan fingerprint density at radius 1 is 1.00 bits per heavy atom. The molecule has 31 heavy (non-hydrogen) atoms. The first kappa shape index (κ1) is 22.4. The summed E-state index contributed by atoms with van der Waals surface area (Å²) in [6.45, 7) is 4.40. The smallest absolute Gasteiger partial charge is 0.242 e. The maximum Gasteiger partial charge on any atom is 0.242 e. The molecule has 1 amide bonds. The van der Waals surface area contributed by atoms with Gasteiger partial charge in [0, 0.05) is 31.7 Å². The molecule has 2 saturated heterocycles. The molecule has 2 aromatic carbocycles. The van der Waals surface area contributed by atoms with Crippen molar-refractivity contribution in [2.45, 2.75) is 37.6 Å². The van der Waals surface area contributed by atoms with Crippen molar-refractivity contribution >= 4 is 34.8 Å². The summed E-state index contributed by atoms with van der Waals surface area (Å²) in [6, 6.07) is 16.5. The lowest BCUT2D eigenvalue weighted by Gasteiger charge is -2.44. The van der Waals surface area contributed by atoms with Gasteiger partial charge in [0.2, 0.25) is 5.91 Å². The largest absolute Gasteiger partial charge is 0.365 e. The standard InChI is InChI=1S/C25H31Cl2N3O/c1-28(20-11-12-22(26)23(27)16-20)18-25(31)30-15-7-10-21(19-8-3-2-4-9-19)24(30)17-29-13-5-6-14-29/h2-4,8-9,11-12,16,21,24H,5-7,10,13-15,17-18H2,1H3/t21-,24-/m1/s1. The van der Waals surface area contributed by atoms with Gasteiger partial charge in [-0.1, -0.05) is 53.5 Å². The summed E-state index contributed by atoms with van der Waals surface area (Å²) in [5.74, 6) is 0.563. The average molecular weight is 460 g/mol. The number of likely N-dealkylation sites (N-methyl/N-ethyl adjacent to an activating group) is 1. The fourth-order valence-electron chi connectivity index (χ4n) is 5.02. The molecule has 6 heteroatoms. The molecule has 0 spiro atoms. The van der Waals surface area contributed by atoms with Gasteiger partial charge >= 0.3 is 0 Å². The van der Waals surface area contributed by atoms with E-state index in [1.165, 1.54) is 18.4 Å². The predicted octanol–water partition coefficient (Wildman–Crippen LogP) is 5.30. The van der Waals surface area contributed by atoms with E-state index in [1.54, 1.807) is 6.07 Å². The number of hydrogen-bond acceptors (Lipinski definition) is 3. The maximum atomic E-state index is 13.5. The van der Waals surface area contributed by atoms with Crippen molar-refractivity contribution in [1.82, 2.24) is 9.80 Å². The van der Waals surface area contributed by atoms with Crippen molar-refractivity contribution in [3.05, 3.63) is 64.1 Å².